The molecule has 0 aliphatic carbocycles. The lowest BCUT2D eigenvalue weighted by Crippen LogP contribution is -2.10. The molecule has 0 heterocycles. The second-order valence-electron chi connectivity index (χ2n) is 5.50. The summed E-state index contributed by atoms with van der Waals surface area (Å²) < 4.78 is 17.2. The van der Waals surface area contributed by atoms with Crippen LogP contribution in [0.4, 0.5) is 0 Å². The van der Waals surface area contributed by atoms with E-state index in [0.717, 1.165) is 5.75 Å². The molecule has 0 spiro atoms. The van der Waals surface area contributed by atoms with Gasteiger partial charge in [-0.05, 0) is 70.5 Å². The molecule has 0 fully saturated rings. The first-order chi connectivity index (χ1) is 13.1. The molecule has 4 nitrogen and oxygen atoms in total. The fourth-order valence-electron chi connectivity index (χ4n) is 2.24. The Balaban J connectivity index is 1.49. The van der Waals surface area contributed by atoms with Gasteiger partial charge >= 0.3 is 5.97 Å². The quantitative estimate of drug-likeness (QED) is 0.262. The van der Waals surface area contributed by atoms with Crippen LogP contribution in [0.5, 0.6) is 17.2 Å². The number of hydrogen-bond donors (Lipinski definition) is 0. The van der Waals surface area contributed by atoms with Gasteiger partial charge in [0.2, 0.25) is 0 Å². The largest absolute Gasteiger partial charge is 0.490 e. The van der Waals surface area contributed by atoms with Crippen molar-refractivity contribution in [2.24, 2.45) is 0 Å². The monoisotopic (exact) mass is 446 g/mol. The zero-order valence-corrected chi connectivity index (χ0v) is 16.6. The number of rotatable bonds is 7. The number of para-hydroxylation sites is 1. The fourth-order valence-corrected chi connectivity index (χ4v) is 3.00. The molecule has 0 saturated heterocycles. The molecule has 0 N–H and O–H groups in total. The molecule has 0 bridgehead atoms. The minimum atomic E-state index is -0.461. The molecule has 0 atom stereocenters. The molecule has 0 aromatic heterocycles. The van der Waals surface area contributed by atoms with Crippen LogP contribution in [-0.4, -0.2) is 19.2 Å². The van der Waals surface area contributed by atoms with Gasteiger partial charge in [-0.25, -0.2) is 4.79 Å². The smallest absolute Gasteiger partial charge is 0.343 e. The van der Waals surface area contributed by atoms with Crippen molar-refractivity contribution in [3.8, 4) is 17.2 Å². The van der Waals surface area contributed by atoms with Crippen molar-refractivity contribution in [2.75, 3.05) is 13.2 Å². The summed E-state index contributed by atoms with van der Waals surface area (Å²) in [6, 6.07) is 21.2. The van der Waals surface area contributed by atoms with Gasteiger partial charge in [-0.3, -0.25) is 0 Å². The van der Waals surface area contributed by atoms with Crippen LogP contribution >= 0.6 is 27.5 Å². The number of hydrogen-bond acceptors (Lipinski definition) is 4. The van der Waals surface area contributed by atoms with Crippen molar-refractivity contribution in [1.29, 1.82) is 0 Å². The highest BCUT2D eigenvalue weighted by atomic mass is 79.9. The zero-order valence-electron chi connectivity index (χ0n) is 14.2. The van der Waals surface area contributed by atoms with Crippen LogP contribution in [0.25, 0.3) is 0 Å². The summed E-state index contributed by atoms with van der Waals surface area (Å²) in [5, 5.41) is 0.555. The lowest BCUT2D eigenvalue weighted by atomic mass is 10.2. The maximum Gasteiger partial charge on any atom is 0.343 e. The minimum absolute atomic E-state index is 0.399. The molecule has 0 saturated carbocycles. The molecule has 3 aromatic rings. The average molecular weight is 448 g/mol. The van der Waals surface area contributed by atoms with Crippen LogP contribution in [0, 0.1) is 0 Å². The summed E-state index contributed by atoms with van der Waals surface area (Å²) in [6.07, 6.45) is 0. The lowest BCUT2D eigenvalue weighted by molar-refractivity contribution is 0.0733. The number of esters is 1. The predicted octanol–water partition coefficient (Wildman–Crippen LogP) is 5.78. The van der Waals surface area contributed by atoms with E-state index in [2.05, 4.69) is 15.9 Å². The standard InChI is InChI=1S/C21H16BrClO4/c22-19-14-16(23)8-11-20(19)27-21(24)15-6-9-18(10-7-15)26-13-12-25-17-4-2-1-3-5-17/h1-11,14H,12-13H2. The molecule has 0 aliphatic heterocycles. The van der Waals surface area contributed by atoms with Crippen LogP contribution in [0.3, 0.4) is 0 Å². The number of benzene rings is 3. The Bertz CT molecular complexity index is 898. The molecular weight excluding hydrogens is 432 g/mol. The van der Waals surface area contributed by atoms with E-state index >= 15 is 0 Å². The number of halogens is 2. The van der Waals surface area contributed by atoms with E-state index in [1.807, 2.05) is 30.3 Å². The molecule has 3 aromatic carbocycles. The van der Waals surface area contributed by atoms with Gasteiger partial charge in [0.1, 0.15) is 30.5 Å². The molecule has 0 aliphatic rings. The molecule has 6 heteroatoms. The van der Waals surface area contributed by atoms with Gasteiger partial charge in [0.15, 0.2) is 0 Å². The fraction of sp³-hybridized carbons (Fsp3) is 0.0952. The number of carbonyl (C=O) groups excluding carboxylic acids is 1. The van der Waals surface area contributed by atoms with Gasteiger partial charge < -0.3 is 14.2 Å². The summed E-state index contributed by atoms with van der Waals surface area (Å²) in [6.45, 7) is 0.828. The van der Waals surface area contributed by atoms with E-state index < -0.39 is 5.97 Å². The first-order valence-electron chi connectivity index (χ1n) is 8.20. The van der Waals surface area contributed by atoms with Gasteiger partial charge in [0.05, 0.1) is 10.0 Å². The van der Waals surface area contributed by atoms with Gasteiger partial charge in [0, 0.05) is 5.02 Å². The zero-order chi connectivity index (χ0) is 19.1. The van der Waals surface area contributed by atoms with Crippen LogP contribution < -0.4 is 14.2 Å². The molecular formula is C21H16BrClO4. The normalized spacial score (nSPS) is 10.3. The summed E-state index contributed by atoms with van der Waals surface area (Å²) in [5.41, 5.74) is 0.421. The van der Waals surface area contributed by atoms with E-state index in [4.69, 9.17) is 25.8 Å². The topological polar surface area (TPSA) is 44.8 Å². The minimum Gasteiger partial charge on any atom is -0.490 e. The predicted molar refractivity (Wildman–Crippen MR) is 108 cm³/mol. The summed E-state index contributed by atoms with van der Waals surface area (Å²) in [7, 11) is 0. The van der Waals surface area contributed by atoms with E-state index in [1.165, 1.54) is 0 Å². The van der Waals surface area contributed by atoms with E-state index in [-0.39, 0.29) is 0 Å². The van der Waals surface area contributed by atoms with Crippen molar-refractivity contribution in [3.63, 3.8) is 0 Å². The summed E-state index contributed by atoms with van der Waals surface area (Å²) in [5.74, 6) is 1.39. The molecule has 3 rings (SSSR count). The van der Waals surface area contributed by atoms with Crippen molar-refractivity contribution in [3.05, 3.63) is 87.9 Å². The first-order valence-corrected chi connectivity index (χ1v) is 9.37. The van der Waals surface area contributed by atoms with E-state index in [9.17, 15) is 4.79 Å². The Hall–Kier alpha value is -2.50. The molecule has 0 unspecified atom stereocenters. The van der Waals surface area contributed by atoms with Gasteiger partial charge in [0.25, 0.3) is 0 Å². The van der Waals surface area contributed by atoms with E-state index in [0.29, 0.717) is 39.8 Å². The molecule has 27 heavy (non-hydrogen) atoms. The molecule has 0 amide bonds. The first kappa shape index (κ1) is 19.3. The molecule has 0 radical (unpaired) electrons. The van der Waals surface area contributed by atoms with Crippen molar-refractivity contribution < 1.29 is 19.0 Å². The van der Waals surface area contributed by atoms with Gasteiger partial charge in [-0.2, -0.15) is 0 Å². The highest BCUT2D eigenvalue weighted by molar-refractivity contribution is 9.10. The summed E-state index contributed by atoms with van der Waals surface area (Å²) >= 11 is 9.20. The highest BCUT2D eigenvalue weighted by Gasteiger charge is 2.11. The lowest BCUT2D eigenvalue weighted by Gasteiger charge is -2.09. The third-order valence-corrected chi connectivity index (χ3v) is 4.41. The third kappa shape index (κ3) is 5.74. The summed E-state index contributed by atoms with van der Waals surface area (Å²) in [4.78, 5) is 12.2. The third-order valence-electron chi connectivity index (χ3n) is 3.55. The van der Waals surface area contributed by atoms with Crippen LogP contribution in [0.2, 0.25) is 5.02 Å². The van der Waals surface area contributed by atoms with Crippen LogP contribution in [0.15, 0.2) is 77.3 Å². The SMILES string of the molecule is O=C(Oc1ccc(Cl)cc1Br)c1ccc(OCCOc2ccccc2)cc1. The van der Waals surface area contributed by atoms with Crippen molar-refractivity contribution in [1.82, 2.24) is 0 Å². The Morgan fingerprint density at radius 3 is 2.11 bits per heavy atom. The average Bonchev–Trinajstić information content (AvgIpc) is 2.69. The maximum atomic E-state index is 12.2. The second-order valence-corrected chi connectivity index (χ2v) is 6.79. The Kier molecular flexibility index (Phi) is 6.74. The van der Waals surface area contributed by atoms with Crippen LogP contribution in [0.1, 0.15) is 10.4 Å². The Labute approximate surface area is 170 Å². The number of ether oxygens (including phenoxy) is 3. The van der Waals surface area contributed by atoms with Gasteiger partial charge in [-0.15, -0.1) is 0 Å². The van der Waals surface area contributed by atoms with Crippen molar-refractivity contribution in [2.45, 2.75) is 0 Å². The Morgan fingerprint density at radius 2 is 1.48 bits per heavy atom. The van der Waals surface area contributed by atoms with Crippen molar-refractivity contribution >= 4 is 33.5 Å². The maximum absolute atomic E-state index is 12.2. The van der Waals surface area contributed by atoms with Crippen LogP contribution in [-0.2, 0) is 0 Å². The highest BCUT2D eigenvalue weighted by Crippen LogP contribution is 2.28. The molecule has 138 valence electrons. The van der Waals surface area contributed by atoms with E-state index in [1.54, 1.807) is 42.5 Å². The Morgan fingerprint density at radius 1 is 0.852 bits per heavy atom. The second kappa shape index (κ2) is 9.44. The number of carbonyl (C=O) groups is 1. The van der Waals surface area contributed by atoms with Gasteiger partial charge in [-0.1, -0.05) is 29.8 Å².